The van der Waals surface area contributed by atoms with Gasteiger partial charge in [0.15, 0.2) is 0 Å². The van der Waals surface area contributed by atoms with Crippen LogP contribution in [0.25, 0.3) is 17.8 Å². The Hall–Kier alpha value is -2.82. The summed E-state index contributed by atoms with van der Waals surface area (Å²) >= 11 is 0. The number of carboxylic acids is 1. The lowest BCUT2D eigenvalue weighted by Crippen LogP contribution is -2.21. The van der Waals surface area contributed by atoms with E-state index in [1.54, 1.807) is 18.6 Å². The molecule has 106 valence electrons. The van der Waals surface area contributed by atoms with Gasteiger partial charge in [0.25, 0.3) is 0 Å². The average Bonchev–Trinajstić information content (AvgIpc) is 2.98. The largest absolute Gasteiger partial charge is 0.484 e. The van der Waals surface area contributed by atoms with E-state index in [4.69, 9.17) is 9.84 Å². The highest BCUT2D eigenvalue weighted by Crippen LogP contribution is 2.32. The number of carboxylic acid groups (broad SMARTS) is 1. The van der Waals surface area contributed by atoms with E-state index in [2.05, 4.69) is 4.98 Å². The smallest absolute Gasteiger partial charge is 0.328 e. The van der Waals surface area contributed by atoms with Crippen LogP contribution >= 0.6 is 0 Å². The molecule has 0 amide bonds. The zero-order chi connectivity index (χ0) is 14.8. The van der Waals surface area contributed by atoms with Gasteiger partial charge >= 0.3 is 5.97 Å². The number of aliphatic carboxylic acids is 1. The number of benzene rings is 1. The van der Waals surface area contributed by atoms with Gasteiger partial charge in [0.1, 0.15) is 11.9 Å². The fourth-order valence-corrected chi connectivity index (χ4v) is 2.28. The normalized spacial score (nSPS) is 17.2. The van der Waals surface area contributed by atoms with Crippen LogP contribution in [0.4, 0.5) is 0 Å². The molecule has 2 heterocycles. The molecule has 1 aliphatic rings. The van der Waals surface area contributed by atoms with Crippen molar-refractivity contribution in [3.63, 3.8) is 0 Å². The number of rotatable bonds is 3. The summed E-state index contributed by atoms with van der Waals surface area (Å²) < 4.78 is 7.80. The van der Waals surface area contributed by atoms with Gasteiger partial charge in [-0.2, -0.15) is 0 Å². The molecule has 0 saturated carbocycles. The van der Waals surface area contributed by atoms with E-state index in [-0.39, 0.29) is 6.10 Å². The summed E-state index contributed by atoms with van der Waals surface area (Å²) in [5, 5.41) is 8.68. The summed E-state index contributed by atoms with van der Waals surface area (Å²) in [6.07, 6.45) is 9.95. The summed E-state index contributed by atoms with van der Waals surface area (Å²) in [5.74, 6) is -0.175. The van der Waals surface area contributed by atoms with Gasteiger partial charge in [-0.3, -0.25) is 0 Å². The van der Waals surface area contributed by atoms with E-state index in [0.29, 0.717) is 0 Å². The molecule has 5 nitrogen and oxygen atoms in total. The van der Waals surface area contributed by atoms with E-state index in [9.17, 15) is 4.79 Å². The summed E-state index contributed by atoms with van der Waals surface area (Å²) in [4.78, 5) is 14.6. The number of fused-ring (bicyclic) bond motifs is 1. The van der Waals surface area contributed by atoms with E-state index in [1.165, 1.54) is 0 Å². The van der Waals surface area contributed by atoms with E-state index in [1.807, 2.05) is 42.0 Å². The summed E-state index contributed by atoms with van der Waals surface area (Å²) in [6.45, 7) is 1.98. The third-order valence-corrected chi connectivity index (χ3v) is 3.28. The van der Waals surface area contributed by atoms with Crippen molar-refractivity contribution in [1.29, 1.82) is 0 Å². The minimum Gasteiger partial charge on any atom is -0.484 e. The Morgan fingerprint density at radius 2 is 2.33 bits per heavy atom. The van der Waals surface area contributed by atoms with Crippen molar-refractivity contribution in [1.82, 2.24) is 9.55 Å². The molecule has 0 bridgehead atoms. The Labute approximate surface area is 121 Å². The standard InChI is InChI=1S/C16H14N2O3/c1-11-14(18-7-6-17-10-18)9-13-8-12(3-5-16(19)20)2-4-15(13)21-11/h2-11H,1H3,(H,19,20)/b5-3+. The lowest BCUT2D eigenvalue weighted by Gasteiger charge is -2.25. The second kappa shape index (κ2) is 5.28. The van der Waals surface area contributed by atoms with Gasteiger partial charge in [0, 0.05) is 24.0 Å². The van der Waals surface area contributed by atoms with Gasteiger partial charge in [-0.15, -0.1) is 0 Å². The van der Waals surface area contributed by atoms with Crippen molar-refractivity contribution in [2.45, 2.75) is 13.0 Å². The molecule has 1 aromatic heterocycles. The van der Waals surface area contributed by atoms with Crippen LogP contribution in [0.5, 0.6) is 5.75 Å². The maximum Gasteiger partial charge on any atom is 0.328 e. The monoisotopic (exact) mass is 282 g/mol. The van der Waals surface area contributed by atoms with Crippen molar-refractivity contribution in [3.05, 3.63) is 54.1 Å². The molecule has 3 rings (SSSR count). The highest BCUT2D eigenvalue weighted by molar-refractivity contribution is 5.86. The molecule has 1 aromatic carbocycles. The van der Waals surface area contributed by atoms with Gasteiger partial charge in [-0.25, -0.2) is 9.78 Å². The molecular formula is C16H14N2O3. The first kappa shape index (κ1) is 13.2. The van der Waals surface area contributed by atoms with Crippen LogP contribution in [-0.4, -0.2) is 26.7 Å². The Morgan fingerprint density at radius 1 is 1.48 bits per heavy atom. The molecule has 1 aliphatic heterocycles. The van der Waals surface area contributed by atoms with E-state index < -0.39 is 5.97 Å². The average molecular weight is 282 g/mol. The Balaban J connectivity index is 2.00. The molecule has 2 aromatic rings. The molecule has 1 atom stereocenters. The number of nitrogens with zero attached hydrogens (tertiary/aromatic N) is 2. The first-order chi connectivity index (χ1) is 10.1. The maximum atomic E-state index is 10.6. The van der Waals surface area contributed by atoms with Crippen molar-refractivity contribution >= 4 is 23.8 Å². The fourth-order valence-electron chi connectivity index (χ4n) is 2.28. The second-order valence-corrected chi connectivity index (χ2v) is 4.77. The topological polar surface area (TPSA) is 64.3 Å². The quantitative estimate of drug-likeness (QED) is 0.879. The lowest BCUT2D eigenvalue weighted by atomic mass is 10.0. The van der Waals surface area contributed by atoms with Gasteiger partial charge < -0.3 is 14.4 Å². The first-order valence-corrected chi connectivity index (χ1v) is 6.55. The van der Waals surface area contributed by atoms with Crippen LogP contribution in [0.3, 0.4) is 0 Å². The highest BCUT2D eigenvalue weighted by Gasteiger charge is 2.19. The van der Waals surface area contributed by atoms with Gasteiger partial charge in [0.05, 0.1) is 12.0 Å². The van der Waals surface area contributed by atoms with Crippen LogP contribution < -0.4 is 4.74 Å². The van der Waals surface area contributed by atoms with Crippen LogP contribution in [0.2, 0.25) is 0 Å². The molecule has 0 saturated heterocycles. The van der Waals surface area contributed by atoms with Crippen molar-refractivity contribution < 1.29 is 14.6 Å². The fraction of sp³-hybridized carbons (Fsp3) is 0.125. The molecule has 5 heteroatoms. The van der Waals surface area contributed by atoms with Crippen LogP contribution in [0.1, 0.15) is 18.1 Å². The van der Waals surface area contributed by atoms with Gasteiger partial charge in [-0.05, 0) is 36.8 Å². The number of carbonyl (C=O) groups is 1. The van der Waals surface area contributed by atoms with Gasteiger partial charge in [0.2, 0.25) is 0 Å². The minimum absolute atomic E-state index is 0.0767. The number of hydrogen-bond acceptors (Lipinski definition) is 3. The molecule has 0 radical (unpaired) electrons. The molecule has 0 spiro atoms. The predicted molar refractivity (Wildman–Crippen MR) is 79.6 cm³/mol. The zero-order valence-corrected chi connectivity index (χ0v) is 11.4. The van der Waals surface area contributed by atoms with Crippen LogP contribution in [-0.2, 0) is 4.79 Å². The molecule has 1 N–H and O–H groups in total. The number of ether oxygens (including phenoxy) is 1. The Morgan fingerprint density at radius 3 is 3.05 bits per heavy atom. The second-order valence-electron chi connectivity index (χ2n) is 4.77. The van der Waals surface area contributed by atoms with E-state index >= 15 is 0 Å². The molecule has 0 aliphatic carbocycles. The van der Waals surface area contributed by atoms with Crippen molar-refractivity contribution in [2.75, 3.05) is 0 Å². The van der Waals surface area contributed by atoms with Crippen molar-refractivity contribution in [2.24, 2.45) is 0 Å². The molecule has 21 heavy (non-hydrogen) atoms. The number of aromatic nitrogens is 2. The minimum atomic E-state index is -0.966. The molecule has 0 fully saturated rings. The number of imidazole rings is 1. The maximum absolute atomic E-state index is 10.6. The summed E-state index contributed by atoms with van der Waals surface area (Å²) in [7, 11) is 0. The van der Waals surface area contributed by atoms with Crippen LogP contribution in [0, 0.1) is 0 Å². The Bertz CT molecular complexity index is 730. The lowest BCUT2D eigenvalue weighted by molar-refractivity contribution is -0.131. The SMILES string of the molecule is CC1Oc2ccc(/C=C/C(=O)O)cc2C=C1n1ccnc1. The first-order valence-electron chi connectivity index (χ1n) is 6.55. The predicted octanol–water partition coefficient (Wildman–Crippen LogP) is 2.76. The molecule has 1 unspecified atom stereocenters. The van der Waals surface area contributed by atoms with Crippen molar-refractivity contribution in [3.8, 4) is 5.75 Å². The van der Waals surface area contributed by atoms with Crippen LogP contribution in [0.15, 0.2) is 43.0 Å². The summed E-state index contributed by atoms with van der Waals surface area (Å²) in [6, 6.07) is 5.59. The summed E-state index contributed by atoms with van der Waals surface area (Å²) in [5.41, 5.74) is 2.72. The number of hydrogen-bond donors (Lipinski definition) is 1. The van der Waals surface area contributed by atoms with Gasteiger partial charge in [-0.1, -0.05) is 6.07 Å². The third-order valence-electron chi connectivity index (χ3n) is 3.28. The zero-order valence-electron chi connectivity index (χ0n) is 11.4. The Kier molecular flexibility index (Phi) is 3.31. The molecular weight excluding hydrogens is 268 g/mol. The third kappa shape index (κ3) is 2.72. The highest BCUT2D eigenvalue weighted by atomic mass is 16.5. The van der Waals surface area contributed by atoms with E-state index in [0.717, 1.165) is 28.6 Å².